The van der Waals surface area contributed by atoms with Gasteiger partial charge in [0, 0.05) is 59.2 Å². The van der Waals surface area contributed by atoms with E-state index in [0.29, 0.717) is 30.0 Å². The highest BCUT2D eigenvalue weighted by atomic mass is 16.3. The van der Waals surface area contributed by atoms with Crippen molar-refractivity contribution in [1.82, 2.24) is 25.1 Å². The highest BCUT2D eigenvalue weighted by molar-refractivity contribution is 5.97. The average molecular weight is 397 g/mol. The predicted molar refractivity (Wildman–Crippen MR) is 114 cm³/mol. The van der Waals surface area contributed by atoms with Gasteiger partial charge in [-0.3, -0.25) is 9.78 Å². The first-order valence-electron chi connectivity index (χ1n) is 9.65. The van der Waals surface area contributed by atoms with Crippen LogP contribution in [0.1, 0.15) is 11.6 Å². The van der Waals surface area contributed by atoms with Crippen molar-refractivity contribution in [2.45, 2.75) is 5.92 Å². The number of benzene rings is 1. The van der Waals surface area contributed by atoms with Gasteiger partial charge in [0.05, 0.1) is 5.69 Å². The second-order valence-electron chi connectivity index (χ2n) is 7.31. The number of H-pyrrole nitrogens is 1. The van der Waals surface area contributed by atoms with Crippen LogP contribution in [0.15, 0.2) is 67.5 Å². The molecule has 0 spiro atoms. The Morgan fingerprint density at radius 3 is 2.77 bits per heavy atom. The molecule has 4 aromatic rings. The van der Waals surface area contributed by atoms with Crippen LogP contribution < -0.4 is 0 Å². The van der Waals surface area contributed by atoms with E-state index >= 15 is 0 Å². The number of carbonyl (C=O) groups excluding carboxylic acids is 1. The maximum absolute atomic E-state index is 11.9. The van der Waals surface area contributed by atoms with Gasteiger partial charge in [-0.1, -0.05) is 24.8 Å². The minimum absolute atomic E-state index is 0.0630. The molecule has 0 saturated carbocycles. The van der Waals surface area contributed by atoms with Gasteiger partial charge in [-0.15, -0.1) is 10.2 Å². The second-order valence-corrected chi connectivity index (χ2v) is 7.31. The Morgan fingerprint density at radius 2 is 2.03 bits per heavy atom. The second kappa shape index (κ2) is 7.11. The molecule has 1 amide bonds. The fraction of sp³-hybridized carbons (Fsp3) is 0.130. The van der Waals surface area contributed by atoms with Crippen molar-refractivity contribution in [2.75, 3.05) is 13.1 Å². The Kier molecular flexibility index (Phi) is 4.28. The van der Waals surface area contributed by atoms with Crippen molar-refractivity contribution in [2.24, 2.45) is 0 Å². The molecule has 0 atom stereocenters. The summed E-state index contributed by atoms with van der Waals surface area (Å²) in [6.45, 7) is 4.79. The summed E-state index contributed by atoms with van der Waals surface area (Å²) in [6, 6.07) is 12.9. The van der Waals surface area contributed by atoms with Crippen LogP contribution >= 0.6 is 0 Å². The highest BCUT2D eigenvalue weighted by Crippen LogP contribution is 2.40. The van der Waals surface area contributed by atoms with Crippen molar-refractivity contribution in [1.29, 1.82) is 0 Å². The number of hydrogen-bond donors (Lipinski definition) is 2. The third kappa shape index (κ3) is 2.91. The van der Waals surface area contributed by atoms with Crippen molar-refractivity contribution in [3.8, 4) is 28.1 Å². The quantitative estimate of drug-likeness (QED) is 0.514. The molecule has 148 valence electrons. The zero-order valence-corrected chi connectivity index (χ0v) is 16.1. The summed E-state index contributed by atoms with van der Waals surface area (Å²) in [5.74, 6) is 0.251. The van der Waals surface area contributed by atoms with E-state index in [1.807, 2.05) is 36.5 Å². The number of nitrogens with one attached hydrogen (secondary N) is 1. The Morgan fingerprint density at radius 1 is 1.20 bits per heavy atom. The number of phenols is 1. The molecule has 0 radical (unpaired) electrons. The van der Waals surface area contributed by atoms with Crippen molar-refractivity contribution < 1.29 is 9.90 Å². The van der Waals surface area contributed by atoms with E-state index in [1.165, 1.54) is 6.08 Å². The van der Waals surface area contributed by atoms with Crippen molar-refractivity contribution in [3.63, 3.8) is 0 Å². The average Bonchev–Trinajstić information content (AvgIpc) is 3.11. The van der Waals surface area contributed by atoms with E-state index in [1.54, 1.807) is 23.2 Å². The van der Waals surface area contributed by atoms with Crippen LogP contribution in [-0.2, 0) is 4.79 Å². The number of pyridine rings is 1. The van der Waals surface area contributed by atoms with Crippen molar-refractivity contribution >= 4 is 16.9 Å². The third-order valence-corrected chi connectivity index (χ3v) is 5.49. The molecule has 4 heterocycles. The minimum atomic E-state index is -0.0630. The lowest BCUT2D eigenvalue weighted by Crippen LogP contribution is -2.48. The molecule has 1 fully saturated rings. The number of phenolic OH excluding ortho intramolecular Hbond substituents is 1. The molecule has 30 heavy (non-hydrogen) atoms. The molecular weight excluding hydrogens is 378 g/mol. The van der Waals surface area contributed by atoms with E-state index in [-0.39, 0.29) is 17.6 Å². The lowest BCUT2D eigenvalue weighted by Gasteiger charge is -2.38. The summed E-state index contributed by atoms with van der Waals surface area (Å²) in [6.07, 6.45) is 4.89. The third-order valence-electron chi connectivity index (χ3n) is 5.49. The number of aromatic amines is 1. The molecule has 0 bridgehead atoms. The maximum atomic E-state index is 11.9. The normalized spacial score (nSPS) is 13.9. The van der Waals surface area contributed by atoms with Gasteiger partial charge in [0.1, 0.15) is 5.75 Å². The Labute approximate surface area is 172 Å². The molecule has 1 aliphatic rings. The first kappa shape index (κ1) is 18.1. The minimum Gasteiger partial charge on any atom is -0.507 e. The van der Waals surface area contributed by atoms with Gasteiger partial charge in [0.2, 0.25) is 5.91 Å². The van der Waals surface area contributed by atoms with Crippen molar-refractivity contribution in [3.05, 3.63) is 73.2 Å². The number of hydrogen-bond acceptors (Lipinski definition) is 5. The van der Waals surface area contributed by atoms with Crippen LogP contribution in [0, 0.1) is 0 Å². The van der Waals surface area contributed by atoms with Crippen LogP contribution in [-0.4, -0.2) is 49.2 Å². The van der Waals surface area contributed by atoms with Crippen LogP contribution in [0.2, 0.25) is 0 Å². The standard InChI is InChI=1S/C23H19N5O2/c1-2-20(30)28-12-15(13-28)22-21(14-6-5-9-24-11-14)17-10-18(26-27-23(17)25-22)16-7-3-4-8-19(16)29/h2-11,15,29H,1,12-13H2,(H,25,27). The molecule has 7 nitrogen and oxygen atoms in total. The molecule has 1 aromatic carbocycles. The number of aromatic hydroxyl groups is 1. The Hall–Kier alpha value is -4.00. The summed E-state index contributed by atoms with van der Waals surface area (Å²) in [7, 11) is 0. The summed E-state index contributed by atoms with van der Waals surface area (Å²) >= 11 is 0. The molecule has 1 aliphatic heterocycles. The molecule has 7 heteroatoms. The molecule has 2 N–H and O–H groups in total. The van der Waals surface area contributed by atoms with E-state index < -0.39 is 0 Å². The molecule has 0 unspecified atom stereocenters. The van der Waals surface area contributed by atoms with Gasteiger partial charge < -0.3 is 15.0 Å². The molecule has 5 rings (SSSR count). The van der Waals surface area contributed by atoms with E-state index in [9.17, 15) is 9.90 Å². The molecular formula is C23H19N5O2. The maximum Gasteiger partial charge on any atom is 0.245 e. The first-order chi connectivity index (χ1) is 14.7. The SMILES string of the molecule is C=CC(=O)N1CC(c2[nH]c3nnc(-c4ccccc4O)cc3c2-c2cccnc2)C1. The van der Waals surface area contributed by atoms with Gasteiger partial charge in [-0.05, 0) is 30.3 Å². The highest BCUT2D eigenvalue weighted by Gasteiger charge is 2.34. The lowest BCUT2D eigenvalue weighted by molar-refractivity contribution is -0.130. The molecule has 3 aromatic heterocycles. The van der Waals surface area contributed by atoms with E-state index in [2.05, 4.69) is 26.7 Å². The van der Waals surface area contributed by atoms with Crippen LogP contribution in [0.5, 0.6) is 5.75 Å². The number of aromatic nitrogens is 4. The number of amides is 1. The van der Waals surface area contributed by atoms with Crippen LogP contribution in [0.4, 0.5) is 0 Å². The van der Waals surface area contributed by atoms with Gasteiger partial charge >= 0.3 is 0 Å². The van der Waals surface area contributed by atoms with Crippen LogP contribution in [0.25, 0.3) is 33.4 Å². The fourth-order valence-electron chi connectivity index (χ4n) is 3.93. The number of rotatable bonds is 4. The number of para-hydroxylation sites is 1. The molecule has 0 aliphatic carbocycles. The summed E-state index contributed by atoms with van der Waals surface area (Å²) in [4.78, 5) is 21.3. The number of fused-ring (bicyclic) bond motifs is 1. The smallest absolute Gasteiger partial charge is 0.245 e. The zero-order chi connectivity index (χ0) is 20.7. The monoisotopic (exact) mass is 397 g/mol. The van der Waals surface area contributed by atoms with Gasteiger partial charge in [-0.25, -0.2) is 0 Å². The molecule has 1 saturated heterocycles. The van der Waals surface area contributed by atoms with E-state index in [0.717, 1.165) is 22.2 Å². The summed E-state index contributed by atoms with van der Waals surface area (Å²) < 4.78 is 0. The fourth-order valence-corrected chi connectivity index (χ4v) is 3.93. The number of nitrogens with zero attached hydrogens (tertiary/aromatic N) is 4. The topological polar surface area (TPSA) is 95.0 Å². The van der Waals surface area contributed by atoms with E-state index in [4.69, 9.17) is 0 Å². The first-order valence-corrected chi connectivity index (χ1v) is 9.65. The zero-order valence-electron chi connectivity index (χ0n) is 16.1. The van der Waals surface area contributed by atoms with Crippen LogP contribution in [0.3, 0.4) is 0 Å². The van der Waals surface area contributed by atoms with Gasteiger partial charge in [-0.2, -0.15) is 0 Å². The predicted octanol–water partition coefficient (Wildman–Crippen LogP) is 3.50. The number of carbonyl (C=O) groups is 1. The van der Waals surface area contributed by atoms with Gasteiger partial charge in [0.15, 0.2) is 5.65 Å². The van der Waals surface area contributed by atoms with Gasteiger partial charge in [0.25, 0.3) is 0 Å². The number of likely N-dealkylation sites (tertiary alicyclic amines) is 1. The largest absolute Gasteiger partial charge is 0.507 e. The Balaban J connectivity index is 1.65. The Bertz CT molecular complexity index is 1260. The summed E-state index contributed by atoms with van der Waals surface area (Å²) in [5, 5.41) is 19.8. The summed E-state index contributed by atoms with van der Waals surface area (Å²) in [5.41, 5.74) is 4.85. The lowest BCUT2D eigenvalue weighted by atomic mass is 9.90.